The van der Waals surface area contributed by atoms with Crippen LogP contribution in [0.5, 0.6) is 5.75 Å². The number of aromatic nitrogens is 1. The van der Waals surface area contributed by atoms with Gasteiger partial charge in [-0.1, -0.05) is 6.07 Å². The molecule has 1 N–H and O–H groups in total. The van der Waals surface area contributed by atoms with Crippen LogP contribution >= 0.6 is 11.3 Å². The molecule has 2 heterocycles. The van der Waals surface area contributed by atoms with Crippen molar-refractivity contribution in [1.82, 2.24) is 4.98 Å². The number of nitrogens with zero attached hydrogens (tertiary/aromatic N) is 2. The summed E-state index contributed by atoms with van der Waals surface area (Å²) in [6, 6.07) is 12.1. The number of halogens is 1. The second-order valence-corrected chi connectivity index (χ2v) is 6.46. The van der Waals surface area contributed by atoms with Crippen molar-refractivity contribution in [2.24, 2.45) is 0 Å². The molecule has 1 aromatic heterocycles. The number of benzene rings is 2. The molecule has 0 saturated carbocycles. The van der Waals surface area contributed by atoms with Gasteiger partial charge in [0, 0.05) is 28.7 Å². The number of aromatic hydroxyl groups is 1. The molecule has 0 amide bonds. The standard InChI is InChI=1S/C18H15FN2OS/c19-13-6-4-12(5-7-13)18-20-14(11-23-18)10-21-9-8-15-16(21)2-1-3-17(15)22/h1-7,11,22H,8-10H2. The average molecular weight is 326 g/mol. The molecule has 0 unspecified atom stereocenters. The summed E-state index contributed by atoms with van der Waals surface area (Å²) in [5.74, 6) is 0.134. The minimum Gasteiger partial charge on any atom is -0.508 e. The molecule has 4 rings (SSSR count). The lowest BCUT2D eigenvalue weighted by molar-refractivity contribution is 0.470. The molecule has 0 radical (unpaired) electrons. The Hall–Kier alpha value is -2.40. The van der Waals surface area contributed by atoms with Gasteiger partial charge in [-0.05, 0) is 42.8 Å². The molecule has 1 aliphatic rings. The number of anilines is 1. The Labute approximate surface area is 137 Å². The maximum atomic E-state index is 13.0. The van der Waals surface area contributed by atoms with E-state index in [2.05, 4.69) is 9.88 Å². The lowest BCUT2D eigenvalue weighted by atomic mass is 10.1. The van der Waals surface area contributed by atoms with E-state index in [1.54, 1.807) is 29.5 Å². The monoisotopic (exact) mass is 326 g/mol. The third-order valence-corrected chi connectivity index (χ3v) is 5.03. The molecule has 0 fully saturated rings. The summed E-state index contributed by atoms with van der Waals surface area (Å²) in [6.07, 6.45) is 0.858. The summed E-state index contributed by atoms with van der Waals surface area (Å²) in [4.78, 5) is 6.90. The summed E-state index contributed by atoms with van der Waals surface area (Å²) in [7, 11) is 0. The van der Waals surface area contributed by atoms with Crippen molar-refractivity contribution in [2.75, 3.05) is 11.4 Å². The van der Waals surface area contributed by atoms with Gasteiger partial charge in [0.05, 0.1) is 12.2 Å². The summed E-state index contributed by atoms with van der Waals surface area (Å²) >= 11 is 1.57. The van der Waals surface area contributed by atoms with Crippen LogP contribution in [0.4, 0.5) is 10.1 Å². The van der Waals surface area contributed by atoms with Gasteiger partial charge >= 0.3 is 0 Å². The van der Waals surface area contributed by atoms with Gasteiger partial charge in [-0.25, -0.2) is 9.37 Å². The molecule has 1 aliphatic heterocycles. The minimum absolute atomic E-state index is 0.237. The van der Waals surface area contributed by atoms with Crippen LogP contribution in [0.1, 0.15) is 11.3 Å². The van der Waals surface area contributed by atoms with Gasteiger partial charge in [0.2, 0.25) is 0 Å². The van der Waals surface area contributed by atoms with E-state index in [9.17, 15) is 9.50 Å². The third-order valence-electron chi connectivity index (χ3n) is 4.09. The van der Waals surface area contributed by atoms with E-state index in [-0.39, 0.29) is 5.82 Å². The first-order valence-corrected chi connectivity index (χ1v) is 8.35. The van der Waals surface area contributed by atoms with Gasteiger partial charge in [-0.15, -0.1) is 11.3 Å². The molecular formula is C18H15FN2OS. The van der Waals surface area contributed by atoms with Crippen molar-refractivity contribution in [1.29, 1.82) is 0 Å². The van der Waals surface area contributed by atoms with Crippen LogP contribution in [0.25, 0.3) is 10.6 Å². The first kappa shape index (κ1) is 14.2. The van der Waals surface area contributed by atoms with E-state index in [0.717, 1.165) is 40.5 Å². The molecule has 0 spiro atoms. The normalized spacial score (nSPS) is 13.3. The molecule has 3 nitrogen and oxygen atoms in total. The van der Waals surface area contributed by atoms with Crippen LogP contribution in [-0.4, -0.2) is 16.6 Å². The van der Waals surface area contributed by atoms with E-state index in [4.69, 9.17) is 0 Å². The molecule has 0 bridgehead atoms. The molecule has 3 aromatic rings. The van der Waals surface area contributed by atoms with Crippen molar-refractivity contribution in [2.45, 2.75) is 13.0 Å². The molecule has 5 heteroatoms. The first-order chi connectivity index (χ1) is 11.2. The van der Waals surface area contributed by atoms with Crippen LogP contribution in [0.3, 0.4) is 0 Å². The second-order valence-electron chi connectivity index (χ2n) is 5.60. The van der Waals surface area contributed by atoms with Crippen molar-refractivity contribution in [3.8, 4) is 16.3 Å². The van der Waals surface area contributed by atoms with Gasteiger partial charge in [0.25, 0.3) is 0 Å². The molecule has 2 aromatic carbocycles. The van der Waals surface area contributed by atoms with E-state index >= 15 is 0 Å². The van der Waals surface area contributed by atoms with Gasteiger partial charge in [-0.2, -0.15) is 0 Å². The Morgan fingerprint density at radius 1 is 1.17 bits per heavy atom. The molecule has 0 aliphatic carbocycles. The van der Waals surface area contributed by atoms with Crippen molar-refractivity contribution < 1.29 is 9.50 Å². The fourth-order valence-corrected chi connectivity index (χ4v) is 3.76. The Morgan fingerprint density at radius 3 is 2.83 bits per heavy atom. The fraction of sp³-hybridized carbons (Fsp3) is 0.167. The molecular weight excluding hydrogens is 311 g/mol. The van der Waals surface area contributed by atoms with Crippen molar-refractivity contribution in [3.63, 3.8) is 0 Å². The summed E-state index contributed by atoms with van der Waals surface area (Å²) in [5, 5.41) is 12.9. The highest BCUT2D eigenvalue weighted by molar-refractivity contribution is 7.13. The lowest BCUT2D eigenvalue weighted by Gasteiger charge is -2.18. The Morgan fingerprint density at radius 2 is 2.00 bits per heavy atom. The van der Waals surface area contributed by atoms with Crippen LogP contribution < -0.4 is 4.90 Å². The third kappa shape index (κ3) is 2.68. The summed E-state index contributed by atoms with van der Waals surface area (Å²) in [6.45, 7) is 1.60. The zero-order valence-electron chi connectivity index (χ0n) is 12.4. The fourth-order valence-electron chi connectivity index (χ4n) is 2.95. The van der Waals surface area contributed by atoms with E-state index in [0.29, 0.717) is 12.3 Å². The highest BCUT2D eigenvalue weighted by Crippen LogP contribution is 2.35. The number of hydrogen-bond acceptors (Lipinski definition) is 4. The van der Waals surface area contributed by atoms with Gasteiger partial charge in [0.1, 0.15) is 16.6 Å². The maximum Gasteiger partial charge on any atom is 0.123 e. The summed E-state index contributed by atoms with van der Waals surface area (Å²) < 4.78 is 13.0. The first-order valence-electron chi connectivity index (χ1n) is 7.47. The predicted octanol–water partition coefficient (Wildman–Crippen LogP) is 4.22. The zero-order valence-corrected chi connectivity index (χ0v) is 13.2. The van der Waals surface area contributed by atoms with Gasteiger partial charge < -0.3 is 10.0 Å². The van der Waals surface area contributed by atoms with E-state index in [1.807, 2.05) is 17.5 Å². The Kier molecular flexibility index (Phi) is 3.50. The SMILES string of the molecule is Oc1cccc2c1CCN2Cc1csc(-c2ccc(F)cc2)n1. The van der Waals surface area contributed by atoms with E-state index in [1.165, 1.54) is 12.1 Å². The second kappa shape index (κ2) is 5.66. The Balaban J connectivity index is 1.55. The number of thiazole rings is 1. The van der Waals surface area contributed by atoms with Gasteiger partial charge in [-0.3, -0.25) is 0 Å². The molecule has 23 heavy (non-hydrogen) atoms. The van der Waals surface area contributed by atoms with Crippen molar-refractivity contribution in [3.05, 3.63) is 64.9 Å². The quantitative estimate of drug-likeness (QED) is 0.783. The smallest absolute Gasteiger partial charge is 0.123 e. The highest BCUT2D eigenvalue weighted by Gasteiger charge is 2.22. The number of phenols is 1. The summed E-state index contributed by atoms with van der Waals surface area (Å²) in [5.41, 5.74) is 4.02. The number of hydrogen-bond donors (Lipinski definition) is 1. The zero-order chi connectivity index (χ0) is 15.8. The highest BCUT2D eigenvalue weighted by atomic mass is 32.1. The number of phenolic OH excluding ortho intramolecular Hbond substituents is 1. The number of fused-ring (bicyclic) bond motifs is 1. The topological polar surface area (TPSA) is 36.4 Å². The van der Waals surface area contributed by atoms with Crippen LogP contribution in [-0.2, 0) is 13.0 Å². The minimum atomic E-state index is -0.237. The largest absolute Gasteiger partial charge is 0.508 e. The van der Waals surface area contributed by atoms with Crippen LogP contribution in [0.2, 0.25) is 0 Å². The average Bonchev–Trinajstić information content (AvgIpc) is 3.17. The molecule has 116 valence electrons. The van der Waals surface area contributed by atoms with Crippen molar-refractivity contribution >= 4 is 17.0 Å². The number of rotatable bonds is 3. The van der Waals surface area contributed by atoms with E-state index < -0.39 is 0 Å². The molecule has 0 atom stereocenters. The predicted molar refractivity (Wildman–Crippen MR) is 90.4 cm³/mol. The lowest BCUT2D eigenvalue weighted by Crippen LogP contribution is -2.19. The van der Waals surface area contributed by atoms with Gasteiger partial charge in [0.15, 0.2) is 0 Å². The Bertz CT molecular complexity index is 844. The maximum absolute atomic E-state index is 13.0. The molecule has 0 saturated heterocycles. The van der Waals surface area contributed by atoms with Crippen LogP contribution in [0.15, 0.2) is 47.8 Å². The van der Waals surface area contributed by atoms with Crippen LogP contribution in [0, 0.1) is 5.82 Å².